The van der Waals surface area contributed by atoms with Crippen molar-refractivity contribution >= 4 is 5.91 Å². The Labute approximate surface area is 99.4 Å². The summed E-state index contributed by atoms with van der Waals surface area (Å²) in [6, 6.07) is 0. The molecule has 3 nitrogen and oxygen atoms in total. The third kappa shape index (κ3) is 2.40. The molecule has 3 heteroatoms. The van der Waals surface area contributed by atoms with Gasteiger partial charge in [-0.3, -0.25) is 4.79 Å². The summed E-state index contributed by atoms with van der Waals surface area (Å²) in [6.45, 7) is 12.8. The molecule has 0 bridgehead atoms. The van der Waals surface area contributed by atoms with Crippen molar-refractivity contribution in [2.75, 3.05) is 19.6 Å². The maximum Gasteiger partial charge on any atom is 0.229 e. The summed E-state index contributed by atoms with van der Waals surface area (Å²) in [5, 5.41) is 0. The lowest BCUT2D eigenvalue weighted by molar-refractivity contribution is -0.139. The number of amides is 1. The lowest BCUT2D eigenvalue weighted by Gasteiger charge is -2.32. The summed E-state index contributed by atoms with van der Waals surface area (Å²) in [5.74, 6) is 0.825. The number of nitrogens with zero attached hydrogens (tertiary/aromatic N) is 1. The molecule has 1 atom stereocenters. The van der Waals surface area contributed by atoms with Gasteiger partial charge in [-0.15, -0.1) is 0 Å². The molecule has 1 fully saturated rings. The average Bonchev–Trinajstić information content (AvgIpc) is 2.61. The molecule has 1 aliphatic heterocycles. The van der Waals surface area contributed by atoms with E-state index in [1.165, 1.54) is 0 Å². The smallest absolute Gasteiger partial charge is 0.229 e. The van der Waals surface area contributed by atoms with E-state index in [4.69, 9.17) is 5.73 Å². The molecule has 94 valence electrons. The molecule has 0 aliphatic carbocycles. The second-order valence-corrected chi connectivity index (χ2v) is 6.37. The number of hydrogen-bond acceptors (Lipinski definition) is 2. The molecule has 0 radical (unpaired) electrons. The molecule has 0 aromatic rings. The summed E-state index contributed by atoms with van der Waals surface area (Å²) in [7, 11) is 0. The quantitative estimate of drug-likeness (QED) is 0.798. The standard InChI is InChI=1S/C13H26N2O/c1-10(2)13(5)6-7-15(9-13)11(16)12(3,4)8-14/h10H,6-9,14H2,1-5H3/t13-/m0/s1. The first-order chi connectivity index (χ1) is 7.23. The largest absolute Gasteiger partial charge is 0.342 e. The first kappa shape index (κ1) is 13.5. The lowest BCUT2D eigenvalue weighted by atomic mass is 9.78. The van der Waals surface area contributed by atoms with Crippen LogP contribution in [0, 0.1) is 16.7 Å². The highest BCUT2D eigenvalue weighted by Crippen LogP contribution is 2.38. The zero-order chi connectivity index (χ0) is 12.6. The Hall–Kier alpha value is -0.570. The van der Waals surface area contributed by atoms with E-state index in [2.05, 4.69) is 20.8 Å². The van der Waals surface area contributed by atoms with Crippen molar-refractivity contribution in [2.45, 2.75) is 41.0 Å². The summed E-state index contributed by atoms with van der Waals surface area (Å²) in [6.07, 6.45) is 1.11. The highest BCUT2D eigenvalue weighted by atomic mass is 16.2. The van der Waals surface area contributed by atoms with E-state index in [1.807, 2.05) is 18.7 Å². The van der Waals surface area contributed by atoms with E-state index >= 15 is 0 Å². The minimum Gasteiger partial charge on any atom is -0.342 e. The van der Waals surface area contributed by atoms with Crippen molar-refractivity contribution < 1.29 is 4.79 Å². The van der Waals surface area contributed by atoms with Crippen molar-refractivity contribution in [1.82, 2.24) is 4.90 Å². The van der Waals surface area contributed by atoms with Crippen molar-refractivity contribution in [3.8, 4) is 0 Å². The molecule has 1 saturated heterocycles. The topological polar surface area (TPSA) is 46.3 Å². The van der Waals surface area contributed by atoms with Gasteiger partial charge in [0.15, 0.2) is 0 Å². The second-order valence-electron chi connectivity index (χ2n) is 6.37. The van der Waals surface area contributed by atoms with E-state index in [1.54, 1.807) is 0 Å². The first-order valence-electron chi connectivity index (χ1n) is 6.22. The van der Waals surface area contributed by atoms with E-state index < -0.39 is 5.41 Å². The molecule has 1 amide bonds. The van der Waals surface area contributed by atoms with Gasteiger partial charge in [-0.05, 0) is 31.6 Å². The van der Waals surface area contributed by atoms with Gasteiger partial charge in [-0.1, -0.05) is 20.8 Å². The van der Waals surface area contributed by atoms with E-state index in [0.29, 0.717) is 12.5 Å². The van der Waals surface area contributed by atoms with Gasteiger partial charge in [-0.2, -0.15) is 0 Å². The predicted molar refractivity (Wildman–Crippen MR) is 67.0 cm³/mol. The SMILES string of the molecule is CC(C)[C@@]1(C)CCN(C(=O)C(C)(C)CN)C1. The van der Waals surface area contributed by atoms with Gasteiger partial charge in [0.2, 0.25) is 5.91 Å². The maximum atomic E-state index is 12.3. The van der Waals surface area contributed by atoms with Gasteiger partial charge < -0.3 is 10.6 Å². The minimum atomic E-state index is -0.414. The van der Waals surface area contributed by atoms with Crippen molar-refractivity contribution in [3.05, 3.63) is 0 Å². The van der Waals surface area contributed by atoms with Crippen LogP contribution in [-0.4, -0.2) is 30.4 Å². The average molecular weight is 226 g/mol. The van der Waals surface area contributed by atoms with E-state index in [-0.39, 0.29) is 11.3 Å². The fourth-order valence-electron chi connectivity index (χ4n) is 2.14. The van der Waals surface area contributed by atoms with Crippen LogP contribution in [0.2, 0.25) is 0 Å². The number of carbonyl (C=O) groups excluding carboxylic acids is 1. The Morgan fingerprint density at radius 1 is 1.50 bits per heavy atom. The van der Waals surface area contributed by atoms with Crippen LogP contribution in [0.15, 0.2) is 0 Å². The normalized spacial score (nSPS) is 26.6. The number of rotatable bonds is 3. The van der Waals surface area contributed by atoms with Crippen LogP contribution >= 0.6 is 0 Å². The molecule has 0 aromatic carbocycles. The molecular weight excluding hydrogens is 200 g/mol. The van der Waals surface area contributed by atoms with Crippen LogP contribution in [0.1, 0.15) is 41.0 Å². The Kier molecular flexibility index (Phi) is 3.68. The predicted octanol–water partition coefficient (Wildman–Crippen LogP) is 1.87. The van der Waals surface area contributed by atoms with Crippen LogP contribution < -0.4 is 5.73 Å². The van der Waals surface area contributed by atoms with Crippen molar-refractivity contribution in [1.29, 1.82) is 0 Å². The van der Waals surface area contributed by atoms with Gasteiger partial charge in [-0.25, -0.2) is 0 Å². The van der Waals surface area contributed by atoms with Crippen LogP contribution in [0.5, 0.6) is 0 Å². The molecule has 0 aromatic heterocycles. The van der Waals surface area contributed by atoms with Crippen molar-refractivity contribution in [2.24, 2.45) is 22.5 Å². The Balaban J connectivity index is 2.71. The number of carbonyl (C=O) groups is 1. The molecule has 1 rings (SSSR count). The molecular formula is C13H26N2O. The van der Waals surface area contributed by atoms with Crippen LogP contribution in [0.3, 0.4) is 0 Å². The summed E-state index contributed by atoms with van der Waals surface area (Å²) in [5.41, 5.74) is 5.52. The van der Waals surface area contributed by atoms with Crippen LogP contribution in [0.25, 0.3) is 0 Å². The molecule has 0 spiro atoms. The first-order valence-corrected chi connectivity index (χ1v) is 6.22. The zero-order valence-corrected chi connectivity index (χ0v) is 11.3. The van der Waals surface area contributed by atoms with Crippen LogP contribution in [0.4, 0.5) is 0 Å². The minimum absolute atomic E-state index is 0.208. The molecule has 0 saturated carbocycles. The van der Waals surface area contributed by atoms with Gasteiger partial charge in [0, 0.05) is 19.6 Å². The molecule has 1 heterocycles. The number of nitrogens with two attached hydrogens (primary N) is 1. The Bertz CT molecular complexity index is 273. The van der Waals surface area contributed by atoms with Gasteiger partial charge in [0.1, 0.15) is 0 Å². The summed E-state index contributed by atoms with van der Waals surface area (Å²) in [4.78, 5) is 14.2. The van der Waals surface area contributed by atoms with Gasteiger partial charge in [0.05, 0.1) is 5.41 Å². The molecule has 1 aliphatic rings. The summed E-state index contributed by atoms with van der Waals surface area (Å²) >= 11 is 0. The van der Waals surface area contributed by atoms with Crippen LogP contribution in [-0.2, 0) is 4.79 Å². The number of hydrogen-bond donors (Lipinski definition) is 1. The number of likely N-dealkylation sites (tertiary alicyclic amines) is 1. The Morgan fingerprint density at radius 2 is 2.06 bits per heavy atom. The molecule has 2 N–H and O–H groups in total. The molecule has 0 unspecified atom stereocenters. The van der Waals surface area contributed by atoms with Gasteiger partial charge in [0.25, 0.3) is 0 Å². The maximum absolute atomic E-state index is 12.3. The van der Waals surface area contributed by atoms with E-state index in [0.717, 1.165) is 19.5 Å². The summed E-state index contributed by atoms with van der Waals surface area (Å²) < 4.78 is 0. The highest BCUT2D eigenvalue weighted by Gasteiger charge is 2.41. The second kappa shape index (κ2) is 4.36. The van der Waals surface area contributed by atoms with Gasteiger partial charge >= 0.3 is 0 Å². The third-order valence-electron chi connectivity index (χ3n) is 4.28. The fraction of sp³-hybridized carbons (Fsp3) is 0.923. The highest BCUT2D eigenvalue weighted by molar-refractivity contribution is 5.82. The molecule has 16 heavy (non-hydrogen) atoms. The Morgan fingerprint density at radius 3 is 2.44 bits per heavy atom. The lowest BCUT2D eigenvalue weighted by Crippen LogP contribution is -2.44. The van der Waals surface area contributed by atoms with Crippen molar-refractivity contribution in [3.63, 3.8) is 0 Å². The fourth-order valence-corrected chi connectivity index (χ4v) is 2.14. The monoisotopic (exact) mass is 226 g/mol. The van der Waals surface area contributed by atoms with E-state index in [9.17, 15) is 4.79 Å². The third-order valence-corrected chi connectivity index (χ3v) is 4.28. The zero-order valence-electron chi connectivity index (χ0n) is 11.3.